The number of rotatable bonds is 6. The number of carbonyl (C=O) groups is 1. The molecular formula is C17H17Cl2N5O2. The Balaban J connectivity index is 0.00000243. The number of nitrogens with two attached hydrogens (primary N) is 1. The Morgan fingerprint density at radius 3 is 2.62 bits per heavy atom. The van der Waals surface area contributed by atoms with Crippen LogP contribution in [0, 0.1) is 0 Å². The number of hydrogen-bond acceptors (Lipinski definition) is 6. The maximum Gasteiger partial charge on any atom is 0.252 e. The van der Waals surface area contributed by atoms with Crippen molar-refractivity contribution >= 4 is 35.6 Å². The molecule has 1 aliphatic rings. The van der Waals surface area contributed by atoms with Gasteiger partial charge in [0.2, 0.25) is 0 Å². The van der Waals surface area contributed by atoms with Crippen LogP contribution in [0.1, 0.15) is 5.56 Å². The van der Waals surface area contributed by atoms with E-state index >= 15 is 0 Å². The van der Waals surface area contributed by atoms with Crippen LogP contribution in [0.5, 0.6) is 5.75 Å². The molecule has 0 bridgehead atoms. The Morgan fingerprint density at radius 1 is 1.23 bits per heavy atom. The highest BCUT2D eigenvalue weighted by molar-refractivity contribution is 6.30. The molecule has 1 unspecified atom stereocenters. The predicted molar refractivity (Wildman–Crippen MR) is 102 cm³/mol. The summed E-state index contributed by atoms with van der Waals surface area (Å²) in [6.45, 7) is 0.412. The van der Waals surface area contributed by atoms with Gasteiger partial charge in [-0.3, -0.25) is 4.79 Å². The molecule has 1 aliphatic heterocycles. The van der Waals surface area contributed by atoms with E-state index < -0.39 is 12.1 Å². The van der Waals surface area contributed by atoms with Gasteiger partial charge in [0.05, 0.1) is 0 Å². The number of benzene rings is 2. The Bertz CT molecular complexity index is 852. The van der Waals surface area contributed by atoms with E-state index in [4.69, 9.17) is 17.3 Å². The summed E-state index contributed by atoms with van der Waals surface area (Å²) in [4.78, 5) is 11.8. The molecule has 1 atom stereocenters. The van der Waals surface area contributed by atoms with Crippen molar-refractivity contribution < 1.29 is 9.90 Å². The monoisotopic (exact) mass is 393 g/mol. The van der Waals surface area contributed by atoms with Crippen LogP contribution in [0.2, 0.25) is 5.02 Å². The third-order valence-corrected chi connectivity index (χ3v) is 3.83. The van der Waals surface area contributed by atoms with E-state index in [-0.39, 0.29) is 23.7 Å². The molecule has 7 nitrogen and oxygen atoms in total. The minimum Gasteiger partial charge on any atom is -0.508 e. The third-order valence-electron chi connectivity index (χ3n) is 3.59. The summed E-state index contributed by atoms with van der Waals surface area (Å²) in [6.07, 6.45) is -0.682. The van der Waals surface area contributed by atoms with Crippen LogP contribution >= 0.6 is 24.0 Å². The first-order chi connectivity index (χ1) is 12.0. The van der Waals surface area contributed by atoms with Gasteiger partial charge in [-0.1, -0.05) is 29.8 Å². The van der Waals surface area contributed by atoms with Gasteiger partial charge in [0.25, 0.3) is 5.91 Å². The number of phenols is 1. The van der Waals surface area contributed by atoms with Crippen LogP contribution in [0.4, 0.5) is 5.69 Å². The summed E-state index contributed by atoms with van der Waals surface area (Å²) in [6, 6.07) is 13.8. The SMILES string of the molecule is Cl.NC(=O)C1=C(NCc2ccc(O)cc2)N=NC1Nc1cccc(Cl)c1. The fraction of sp³-hybridized carbons (Fsp3) is 0.118. The van der Waals surface area contributed by atoms with Crippen LogP contribution in [-0.4, -0.2) is 17.2 Å². The normalized spacial score (nSPS) is 15.5. The number of aromatic hydroxyl groups is 1. The minimum absolute atomic E-state index is 0. The second kappa shape index (κ2) is 8.55. The highest BCUT2D eigenvalue weighted by Gasteiger charge is 2.28. The highest BCUT2D eigenvalue weighted by Crippen LogP contribution is 2.24. The van der Waals surface area contributed by atoms with Gasteiger partial charge < -0.3 is 21.5 Å². The lowest BCUT2D eigenvalue weighted by molar-refractivity contribution is -0.114. The van der Waals surface area contributed by atoms with E-state index in [0.717, 1.165) is 5.56 Å². The topological polar surface area (TPSA) is 112 Å². The average Bonchev–Trinajstić information content (AvgIpc) is 2.97. The molecule has 1 amide bonds. The van der Waals surface area contributed by atoms with Gasteiger partial charge in [0.1, 0.15) is 11.3 Å². The summed E-state index contributed by atoms with van der Waals surface area (Å²) in [5.74, 6) is -0.107. The van der Waals surface area contributed by atoms with Gasteiger partial charge in [-0.15, -0.1) is 17.5 Å². The van der Waals surface area contributed by atoms with E-state index in [1.54, 1.807) is 42.5 Å². The van der Waals surface area contributed by atoms with Crippen molar-refractivity contribution in [1.82, 2.24) is 5.32 Å². The van der Waals surface area contributed by atoms with E-state index in [1.807, 2.05) is 6.07 Å². The van der Waals surface area contributed by atoms with Gasteiger partial charge in [-0.05, 0) is 35.9 Å². The van der Waals surface area contributed by atoms with Crippen LogP contribution in [0.25, 0.3) is 0 Å². The van der Waals surface area contributed by atoms with Crippen LogP contribution < -0.4 is 16.4 Å². The maximum absolute atomic E-state index is 11.8. The second-order valence-corrected chi connectivity index (χ2v) is 5.86. The highest BCUT2D eigenvalue weighted by atomic mass is 35.5. The lowest BCUT2D eigenvalue weighted by Crippen LogP contribution is -2.29. The smallest absolute Gasteiger partial charge is 0.252 e. The number of anilines is 1. The van der Waals surface area contributed by atoms with Crippen molar-refractivity contribution in [2.75, 3.05) is 5.32 Å². The molecular weight excluding hydrogens is 377 g/mol. The van der Waals surface area contributed by atoms with Crippen molar-refractivity contribution in [3.8, 4) is 5.75 Å². The molecule has 0 aliphatic carbocycles. The largest absolute Gasteiger partial charge is 0.508 e. The molecule has 0 saturated heterocycles. The van der Waals surface area contributed by atoms with E-state index in [2.05, 4.69) is 20.9 Å². The molecule has 1 heterocycles. The number of nitrogens with zero attached hydrogens (tertiary/aromatic N) is 2. The summed E-state index contributed by atoms with van der Waals surface area (Å²) < 4.78 is 0. The standard InChI is InChI=1S/C17H16ClN5O2.ClH/c18-11-2-1-3-12(8-11)21-17-14(15(19)25)16(22-23-17)20-9-10-4-6-13(24)7-5-10;/h1-8,17,20-21,24H,9H2,(H2,19,25);1H. The predicted octanol–water partition coefficient (Wildman–Crippen LogP) is 3.16. The number of amides is 1. The zero-order chi connectivity index (χ0) is 17.8. The molecule has 2 aromatic rings. The number of halogens is 2. The number of azo groups is 1. The van der Waals surface area contributed by atoms with Crippen molar-refractivity contribution in [2.24, 2.45) is 16.0 Å². The van der Waals surface area contributed by atoms with E-state index in [9.17, 15) is 9.90 Å². The Kier molecular flexibility index (Phi) is 6.43. The molecule has 0 aromatic heterocycles. The number of primary amides is 1. The van der Waals surface area contributed by atoms with E-state index in [1.165, 1.54) is 0 Å². The fourth-order valence-corrected chi connectivity index (χ4v) is 2.57. The number of hydrogen-bond donors (Lipinski definition) is 4. The number of nitrogens with one attached hydrogen (secondary N) is 2. The summed E-state index contributed by atoms with van der Waals surface area (Å²) in [5.41, 5.74) is 7.36. The Hall–Kier alpha value is -2.77. The number of carbonyl (C=O) groups excluding carboxylic acids is 1. The Labute approximate surface area is 161 Å². The lowest BCUT2D eigenvalue weighted by atomic mass is 10.1. The van der Waals surface area contributed by atoms with Crippen LogP contribution in [0.3, 0.4) is 0 Å². The van der Waals surface area contributed by atoms with Gasteiger partial charge in [0, 0.05) is 17.3 Å². The zero-order valence-electron chi connectivity index (χ0n) is 13.5. The quantitative estimate of drug-likeness (QED) is 0.603. The fourth-order valence-electron chi connectivity index (χ4n) is 2.38. The first-order valence-electron chi connectivity index (χ1n) is 7.51. The first kappa shape index (κ1) is 19.6. The van der Waals surface area contributed by atoms with Gasteiger partial charge in [-0.25, -0.2) is 0 Å². The van der Waals surface area contributed by atoms with Crippen LogP contribution in [0.15, 0.2) is 70.2 Å². The number of phenolic OH excluding ortho intramolecular Hbond substituents is 1. The molecule has 3 rings (SSSR count). The van der Waals surface area contributed by atoms with Gasteiger partial charge in [-0.2, -0.15) is 5.11 Å². The van der Waals surface area contributed by atoms with Crippen molar-refractivity contribution in [2.45, 2.75) is 12.7 Å². The van der Waals surface area contributed by atoms with E-state index in [0.29, 0.717) is 23.1 Å². The molecule has 5 N–H and O–H groups in total. The van der Waals surface area contributed by atoms with Crippen molar-refractivity contribution in [3.05, 3.63) is 70.5 Å². The second-order valence-electron chi connectivity index (χ2n) is 5.42. The summed E-state index contributed by atoms with van der Waals surface area (Å²) in [5, 5.41) is 24.1. The van der Waals surface area contributed by atoms with Gasteiger partial charge >= 0.3 is 0 Å². The molecule has 2 aromatic carbocycles. The molecule has 136 valence electrons. The van der Waals surface area contributed by atoms with Crippen molar-refractivity contribution in [3.63, 3.8) is 0 Å². The molecule has 0 spiro atoms. The molecule has 0 fully saturated rings. The molecule has 9 heteroatoms. The van der Waals surface area contributed by atoms with Crippen molar-refractivity contribution in [1.29, 1.82) is 0 Å². The van der Waals surface area contributed by atoms with Gasteiger partial charge in [0.15, 0.2) is 12.0 Å². The third kappa shape index (κ3) is 4.65. The molecule has 0 radical (unpaired) electrons. The maximum atomic E-state index is 11.8. The lowest BCUT2D eigenvalue weighted by Gasteiger charge is -2.13. The average molecular weight is 394 g/mol. The zero-order valence-corrected chi connectivity index (χ0v) is 15.1. The Morgan fingerprint density at radius 2 is 1.96 bits per heavy atom. The molecule has 0 saturated carbocycles. The molecule has 26 heavy (non-hydrogen) atoms. The summed E-state index contributed by atoms with van der Waals surface area (Å²) >= 11 is 5.96. The minimum atomic E-state index is -0.682. The summed E-state index contributed by atoms with van der Waals surface area (Å²) in [7, 11) is 0. The first-order valence-corrected chi connectivity index (χ1v) is 7.89. The van der Waals surface area contributed by atoms with Crippen LogP contribution in [-0.2, 0) is 11.3 Å².